The number of ketones is 1. The molecular formula is C20H16O4. The highest BCUT2D eigenvalue weighted by atomic mass is 16.5. The highest BCUT2D eigenvalue weighted by Crippen LogP contribution is 2.15. The van der Waals surface area contributed by atoms with Gasteiger partial charge < -0.3 is 9.15 Å². The zero-order valence-electron chi connectivity index (χ0n) is 13.2. The third kappa shape index (κ3) is 3.43. The van der Waals surface area contributed by atoms with Gasteiger partial charge in [0, 0.05) is 5.39 Å². The average molecular weight is 320 g/mol. The smallest absolute Gasteiger partial charge is 0.347 e. The second-order valence-corrected chi connectivity index (χ2v) is 5.18. The second kappa shape index (κ2) is 6.96. The molecule has 0 aliphatic heterocycles. The molecule has 0 radical (unpaired) electrons. The van der Waals surface area contributed by atoms with Crippen molar-refractivity contribution < 1.29 is 13.9 Å². The fourth-order valence-corrected chi connectivity index (χ4v) is 2.34. The van der Waals surface area contributed by atoms with E-state index in [1.165, 1.54) is 6.08 Å². The van der Waals surface area contributed by atoms with E-state index in [4.69, 9.17) is 9.15 Å². The predicted molar refractivity (Wildman–Crippen MR) is 93.5 cm³/mol. The van der Waals surface area contributed by atoms with Crippen molar-refractivity contribution in [2.24, 2.45) is 0 Å². The summed E-state index contributed by atoms with van der Waals surface area (Å²) in [6.07, 6.45) is 3.03. The Kier molecular flexibility index (Phi) is 4.57. The van der Waals surface area contributed by atoms with Crippen molar-refractivity contribution in [3.8, 4) is 5.75 Å². The first-order valence-electron chi connectivity index (χ1n) is 7.65. The van der Waals surface area contributed by atoms with Crippen molar-refractivity contribution in [3.63, 3.8) is 0 Å². The lowest BCUT2D eigenvalue weighted by molar-refractivity contribution is 0.104. The van der Waals surface area contributed by atoms with Gasteiger partial charge in [-0.1, -0.05) is 36.4 Å². The van der Waals surface area contributed by atoms with Crippen LogP contribution in [0.25, 0.3) is 17.0 Å². The van der Waals surface area contributed by atoms with Gasteiger partial charge >= 0.3 is 5.63 Å². The van der Waals surface area contributed by atoms with Crippen molar-refractivity contribution >= 4 is 22.8 Å². The molecule has 0 aliphatic rings. The highest BCUT2D eigenvalue weighted by molar-refractivity contribution is 6.07. The van der Waals surface area contributed by atoms with Crippen LogP contribution in [0.5, 0.6) is 5.75 Å². The number of fused-ring (bicyclic) bond motifs is 1. The number of carbonyl (C=O) groups is 1. The Balaban J connectivity index is 1.84. The van der Waals surface area contributed by atoms with E-state index in [9.17, 15) is 9.59 Å². The summed E-state index contributed by atoms with van der Waals surface area (Å²) in [4.78, 5) is 24.2. The topological polar surface area (TPSA) is 56.5 Å². The van der Waals surface area contributed by atoms with Crippen LogP contribution < -0.4 is 10.4 Å². The summed E-state index contributed by atoms with van der Waals surface area (Å²) in [5.41, 5.74) is 0.706. The predicted octanol–water partition coefficient (Wildman–Crippen LogP) is 4.09. The lowest BCUT2D eigenvalue weighted by Crippen LogP contribution is -2.11. The fraction of sp³-hybridized carbons (Fsp3) is 0.100. The standard InChI is InChI=1S/C20H16O4/c1-2-23-16-10-7-14(8-11-16)9-12-18(21)17-13-15-5-3-4-6-19(15)24-20(17)22/h3-13H,2H2,1H3/b12-9+. The minimum atomic E-state index is -0.630. The zero-order chi connectivity index (χ0) is 16.9. The molecule has 3 rings (SSSR count). The maximum atomic E-state index is 12.3. The van der Waals surface area contributed by atoms with Gasteiger partial charge in [0.05, 0.1) is 6.61 Å². The van der Waals surface area contributed by atoms with Gasteiger partial charge in [0.2, 0.25) is 0 Å². The molecule has 0 amide bonds. The first-order chi connectivity index (χ1) is 11.7. The lowest BCUT2D eigenvalue weighted by Gasteiger charge is -2.02. The average Bonchev–Trinajstić information content (AvgIpc) is 2.60. The molecule has 3 aromatic rings. The molecule has 1 aromatic heterocycles. The van der Waals surface area contributed by atoms with E-state index in [0.29, 0.717) is 12.2 Å². The van der Waals surface area contributed by atoms with Gasteiger partial charge in [0.25, 0.3) is 0 Å². The van der Waals surface area contributed by atoms with Gasteiger partial charge in [0.1, 0.15) is 16.9 Å². The Morgan fingerprint density at radius 2 is 1.88 bits per heavy atom. The molecule has 0 fully saturated rings. The van der Waals surface area contributed by atoms with E-state index < -0.39 is 5.63 Å². The molecule has 0 aliphatic carbocycles. The third-order valence-electron chi connectivity index (χ3n) is 3.53. The molecule has 0 spiro atoms. The molecule has 0 atom stereocenters. The Morgan fingerprint density at radius 3 is 2.62 bits per heavy atom. The quantitative estimate of drug-likeness (QED) is 0.404. The van der Waals surface area contributed by atoms with Gasteiger partial charge in [-0.15, -0.1) is 0 Å². The third-order valence-corrected chi connectivity index (χ3v) is 3.53. The van der Waals surface area contributed by atoms with Gasteiger partial charge in [-0.05, 0) is 42.8 Å². The number of para-hydroxylation sites is 1. The maximum absolute atomic E-state index is 12.3. The minimum absolute atomic E-state index is 0.0240. The molecule has 0 bridgehead atoms. The molecule has 4 nitrogen and oxygen atoms in total. The largest absolute Gasteiger partial charge is 0.494 e. The van der Waals surface area contributed by atoms with Crippen LogP contribution in [-0.4, -0.2) is 12.4 Å². The van der Waals surface area contributed by atoms with E-state index in [-0.39, 0.29) is 11.3 Å². The van der Waals surface area contributed by atoms with Crippen LogP contribution >= 0.6 is 0 Å². The van der Waals surface area contributed by atoms with Crippen LogP contribution in [0.15, 0.2) is 69.9 Å². The van der Waals surface area contributed by atoms with Crippen LogP contribution in [0.1, 0.15) is 22.8 Å². The molecule has 120 valence electrons. The molecule has 0 saturated carbocycles. The molecule has 4 heteroatoms. The van der Waals surface area contributed by atoms with Crippen LogP contribution in [0, 0.1) is 0 Å². The summed E-state index contributed by atoms with van der Waals surface area (Å²) in [5, 5.41) is 0.718. The van der Waals surface area contributed by atoms with Crippen LogP contribution in [0.2, 0.25) is 0 Å². The van der Waals surface area contributed by atoms with Gasteiger partial charge in [0.15, 0.2) is 5.78 Å². The molecule has 1 heterocycles. The summed E-state index contributed by atoms with van der Waals surface area (Å²) in [7, 11) is 0. The van der Waals surface area contributed by atoms with Crippen molar-refractivity contribution in [2.75, 3.05) is 6.61 Å². The first kappa shape index (κ1) is 15.7. The number of carbonyl (C=O) groups excluding carboxylic acids is 1. The summed E-state index contributed by atoms with van der Waals surface area (Å²) >= 11 is 0. The number of hydrogen-bond donors (Lipinski definition) is 0. The number of allylic oxidation sites excluding steroid dienone is 1. The highest BCUT2D eigenvalue weighted by Gasteiger charge is 2.10. The Hall–Kier alpha value is -3.14. The molecule has 0 N–H and O–H groups in total. The van der Waals surface area contributed by atoms with Crippen LogP contribution in [-0.2, 0) is 0 Å². The fourth-order valence-electron chi connectivity index (χ4n) is 2.34. The zero-order valence-corrected chi connectivity index (χ0v) is 13.2. The SMILES string of the molecule is CCOc1ccc(/C=C/C(=O)c2cc3ccccc3oc2=O)cc1. The van der Waals surface area contributed by atoms with Crippen molar-refractivity contribution in [1.82, 2.24) is 0 Å². The number of rotatable bonds is 5. The van der Waals surface area contributed by atoms with Crippen molar-refractivity contribution in [1.29, 1.82) is 0 Å². The van der Waals surface area contributed by atoms with E-state index in [1.54, 1.807) is 30.3 Å². The number of benzene rings is 2. The van der Waals surface area contributed by atoms with E-state index in [0.717, 1.165) is 16.7 Å². The molecular weight excluding hydrogens is 304 g/mol. The van der Waals surface area contributed by atoms with Crippen molar-refractivity contribution in [3.05, 3.63) is 82.2 Å². The second-order valence-electron chi connectivity index (χ2n) is 5.18. The summed E-state index contributed by atoms with van der Waals surface area (Å²) < 4.78 is 10.5. The normalized spacial score (nSPS) is 11.0. The van der Waals surface area contributed by atoms with Crippen LogP contribution in [0.3, 0.4) is 0 Å². The van der Waals surface area contributed by atoms with E-state index >= 15 is 0 Å². The summed E-state index contributed by atoms with van der Waals surface area (Å²) in [6.45, 7) is 2.52. The summed E-state index contributed by atoms with van der Waals surface area (Å²) in [5.74, 6) is 0.388. The number of ether oxygens (including phenoxy) is 1. The van der Waals surface area contributed by atoms with E-state index in [2.05, 4.69) is 0 Å². The number of hydrogen-bond acceptors (Lipinski definition) is 4. The monoisotopic (exact) mass is 320 g/mol. The Morgan fingerprint density at radius 1 is 1.12 bits per heavy atom. The van der Waals surface area contributed by atoms with Crippen molar-refractivity contribution in [2.45, 2.75) is 6.92 Å². The minimum Gasteiger partial charge on any atom is -0.494 e. The first-order valence-corrected chi connectivity index (χ1v) is 7.65. The molecule has 0 saturated heterocycles. The molecule has 2 aromatic carbocycles. The van der Waals surface area contributed by atoms with Gasteiger partial charge in [-0.2, -0.15) is 0 Å². The van der Waals surface area contributed by atoms with Crippen LogP contribution in [0.4, 0.5) is 0 Å². The van der Waals surface area contributed by atoms with Gasteiger partial charge in [-0.25, -0.2) is 4.79 Å². The Bertz CT molecular complexity index is 949. The molecule has 24 heavy (non-hydrogen) atoms. The lowest BCUT2D eigenvalue weighted by atomic mass is 10.1. The Labute approximate surface area is 139 Å². The van der Waals surface area contributed by atoms with Gasteiger partial charge in [-0.3, -0.25) is 4.79 Å². The van der Waals surface area contributed by atoms with E-state index in [1.807, 2.05) is 37.3 Å². The maximum Gasteiger partial charge on any atom is 0.347 e. The molecule has 0 unspecified atom stereocenters. The summed E-state index contributed by atoms with van der Waals surface area (Å²) in [6, 6.07) is 16.0.